The molecule has 7 heteroatoms. The maximum absolute atomic E-state index is 13.6. The molecular formula is C12H16F2N2O2S. The zero-order chi connectivity index (χ0) is 14.0. The molecule has 1 aromatic rings. The van der Waals surface area contributed by atoms with E-state index in [1.54, 1.807) is 0 Å². The van der Waals surface area contributed by atoms with E-state index in [1.807, 2.05) is 0 Å². The van der Waals surface area contributed by atoms with Crippen LogP contribution in [0.4, 0.5) is 8.78 Å². The highest BCUT2D eigenvalue weighted by atomic mass is 32.2. The van der Waals surface area contributed by atoms with Gasteiger partial charge in [0, 0.05) is 18.2 Å². The van der Waals surface area contributed by atoms with Crippen LogP contribution < -0.4 is 5.14 Å². The van der Waals surface area contributed by atoms with Crippen LogP contribution in [0.25, 0.3) is 0 Å². The van der Waals surface area contributed by atoms with E-state index in [-0.39, 0.29) is 18.2 Å². The highest BCUT2D eigenvalue weighted by Crippen LogP contribution is 2.27. The zero-order valence-corrected chi connectivity index (χ0v) is 11.2. The maximum atomic E-state index is 13.6. The Kier molecular flexibility index (Phi) is 4.17. The Morgan fingerprint density at radius 1 is 1.26 bits per heavy atom. The van der Waals surface area contributed by atoms with Crippen LogP contribution in [0.5, 0.6) is 0 Å². The Hall–Kier alpha value is -1.05. The summed E-state index contributed by atoms with van der Waals surface area (Å²) < 4.78 is 51.0. The van der Waals surface area contributed by atoms with E-state index in [1.165, 1.54) is 0 Å². The highest BCUT2D eigenvalue weighted by molar-refractivity contribution is 7.86. The van der Waals surface area contributed by atoms with Crippen molar-refractivity contribution in [2.75, 3.05) is 0 Å². The molecule has 4 nitrogen and oxygen atoms in total. The van der Waals surface area contributed by atoms with Crippen LogP contribution in [0.1, 0.15) is 31.2 Å². The van der Waals surface area contributed by atoms with Crippen molar-refractivity contribution in [2.24, 2.45) is 5.14 Å². The third kappa shape index (κ3) is 3.49. The number of benzene rings is 1. The minimum Gasteiger partial charge on any atom is -0.216 e. The summed E-state index contributed by atoms with van der Waals surface area (Å²) in [5, 5.41) is 5.18. The molecule has 1 aliphatic rings. The molecule has 2 rings (SSSR count). The Labute approximate surface area is 111 Å². The summed E-state index contributed by atoms with van der Waals surface area (Å²) in [6.07, 6.45) is 3.24. The number of nitrogens with two attached hydrogens (primary N) is 1. The van der Waals surface area contributed by atoms with Gasteiger partial charge in [-0.15, -0.1) is 0 Å². The molecule has 0 unspecified atom stereocenters. The van der Waals surface area contributed by atoms with Crippen molar-refractivity contribution >= 4 is 10.2 Å². The van der Waals surface area contributed by atoms with Crippen molar-refractivity contribution in [3.8, 4) is 0 Å². The summed E-state index contributed by atoms with van der Waals surface area (Å²) in [4.78, 5) is 0. The maximum Gasteiger partial charge on any atom is 0.277 e. The molecule has 0 spiro atoms. The van der Waals surface area contributed by atoms with Crippen LogP contribution in [0.15, 0.2) is 18.2 Å². The monoisotopic (exact) mass is 290 g/mol. The zero-order valence-electron chi connectivity index (χ0n) is 10.4. The molecule has 0 heterocycles. The minimum atomic E-state index is -3.93. The van der Waals surface area contributed by atoms with E-state index < -0.39 is 21.8 Å². The van der Waals surface area contributed by atoms with Crippen LogP contribution >= 0.6 is 0 Å². The first-order valence-corrected chi connectivity index (χ1v) is 7.62. The number of halogens is 2. The van der Waals surface area contributed by atoms with Crippen molar-refractivity contribution in [2.45, 2.75) is 38.3 Å². The van der Waals surface area contributed by atoms with E-state index >= 15 is 0 Å². The number of rotatable bonds is 4. The molecule has 0 aliphatic heterocycles. The second-order valence-corrected chi connectivity index (χ2v) is 6.26. The molecule has 0 aromatic heterocycles. The average molecular weight is 290 g/mol. The van der Waals surface area contributed by atoms with Crippen LogP contribution in [-0.2, 0) is 16.8 Å². The molecular weight excluding hydrogens is 274 g/mol. The quantitative estimate of drug-likeness (QED) is 0.920. The van der Waals surface area contributed by atoms with E-state index in [9.17, 15) is 17.2 Å². The SMILES string of the molecule is NS(=O)(=O)N(Cc1cc(F)ccc1F)C1CCCC1. The van der Waals surface area contributed by atoms with Gasteiger partial charge in [-0.2, -0.15) is 12.7 Å². The first-order valence-electron chi connectivity index (χ1n) is 6.11. The van der Waals surface area contributed by atoms with Gasteiger partial charge in [-0.05, 0) is 31.0 Å². The third-order valence-electron chi connectivity index (χ3n) is 3.39. The van der Waals surface area contributed by atoms with Gasteiger partial charge in [-0.1, -0.05) is 12.8 Å². The Balaban J connectivity index is 2.27. The fraction of sp³-hybridized carbons (Fsp3) is 0.500. The highest BCUT2D eigenvalue weighted by Gasteiger charge is 2.30. The van der Waals surface area contributed by atoms with E-state index in [4.69, 9.17) is 5.14 Å². The summed E-state index contributed by atoms with van der Waals surface area (Å²) in [5.74, 6) is -1.23. The lowest BCUT2D eigenvalue weighted by Crippen LogP contribution is -2.42. The summed E-state index contributed by atoms with van der Waals surface area (Å²) in [6, 6.07) is 2.76. The second-order valence-electron chi connectivity index (χ2n) is 4.76. The van der Waals surface area contributed by atoms with Crippen LogP contribution in [-0.4, -0.2) is 18.8 Å². The largest absolute Gasteiger partial charge is 0.277 e. The van der Waals surface area contributed by atoms with Crippen LogP contribution in [0.2, 0.25) is 0 Å². The van der Waals surface area contributed by atoms with Crippen molar-refractivity contribution < 1.29 is 17.2 Å². The van der Waals surface area contributed by atoms with Gasteiger partial charge in [0.15, 0.2) is 0 Å². The number of hydrogen-bond acceptors (Lipinski definition) is 2. The third-order valence-corrected chi connectivity index (χ3v) is 4.47. The number of nitrogens with zero attached hydrogens (tertiary/aromatic N) is 1. The molecule has 1 aliphatic carbocycles. The fourth-order valence-corrected chi connectivity index (χ4v) is 3.40. The Morgan fingerprint density at radius 2 is 1.89 bits per heavy atom. The van der Waals surface area contributed by atoms with Gasteiger partial charge in [0.25, 0.3) is 10.2 Å². The minimum absolute atomic E-state index is 0.000856. The van der Waals surface area contributed by atoms with E-state index in [2.05, 4.69) is 0 Å². The van der Waals surface area contributed by atoms with Crippen LogP contribution in [0.3, 0.4) is 0 Å². The average Bonchev–Trinajstić information content (AvgIpc) is 2.82. The molecule has 0 atom stereocenters. The molecule has 0 bridgehead atoms. The number of hydrogen-bond donors (Lipinski definition) is 1. The predicted molar refractivity (Wildman–Crippen MR) is 67.3 cm³/mol. The van der Waals surface area contributed by atoms with Crippen molar-refractivity contribution in [3.63, 3.8) is 0 Å². The van der Waals surface area contributed by atoms with Gasteiger partial charge in [0.05, 0.1) is 0 Å². The van der Waals surface area contributed by atoms with Crippen molar-refractivity contribution in [1.29, 1.82) is 0 Å². The van der Waals surface area contributed by atoms with Gasteiger partial charge >= 0.3 is 0 Å². The Bertz CT molecular complexity index is 557. The normalized spacial score (nSPS) is 17.3. The summed E-state index contributed by atoms with van der Waals surface area (Å²) in [6.45, 7) is -0.229. The molecule has 0 radical (unpaired) electrons. The molecule has 1 saturated carbocycles. The molecule has 0 saturated heterocycles. The lowest BCUT2D eigenvalue weighted by atomic mass is 10.2. The fourth-order valence-electron chi connectivity index (χ4n) is 2.45. The van der Waals surface area contributed by atoms with Gasteiger partial charge in [0.2, 0.25) is 0 Å². The van der Waals surface area contributed by atoms with E-state index in [0.717, 1.165) is 35.3 Å². The van der Waals surface area contributed by atoms with Crippen LogP contribution in [0, 0.1) is 11.6 Å². The Morgan fingerprint density at radius 3 is 2.47 bits per heavy atom. The summed E-state index contributed by atoms with van der Waals surface area (Å²) in [5.41, 5.74) is 0.000856. The second kappa shape index (κ2) is 5.52. The van der Waals surface area contributed by atoms with Gasteiger partial charge in [-0.3, -0.25) is 0 Å². The summed E-state index contributed by atoms with van der Waals surface area (Å²) >= 11 is 0. The smallest absolute Gasteiger partial charge is 0.216 e. The molecule has 2 N–H and O–H groups in total. The molecule has 19 heavy (non-hydrogen) atoms. The lowest BCUT2D eigenvalue weighted by molar-refractivity contribution is 0.312. The van der Waals surface area contributed by atoms with Gasteiger partial charge < -0.3 is 0 Å². The predicted octanol–water partition coefficient (Wildman–Crippen LogP) is 1.91. The molecule has 1 aromatic carbocycles. The molecule has 1 fully saturated rings. The molecule has 0 amide bonds. The summed E-state index contributed by atoms with van der Waals surface area (Å²) in [7, 11) is -3.93. The van der Waals surface area contributed by atoms with Crippen molar-refractivity contribution in [1.82, 2.24) is 4.31 Å². The lowest BCUT2D eigenvalue weighted by Gasteiger charge is -2.26. The van der Waals surface area contributed by atoms with Gasteiger partial charge in [-0.25, -0.2) is 13.9 Å². The van der Waals surface area contributed by atoms with E-state index in [0.29, 0.717) is 12.8 Å². The standard InChI is InChI=1S/C12H16F2N2O2S/c13-10-5-6-12(14)9(7-10)8-16(19(15,17)18)11-3-1-2-4-11/h5-7,11H,1-4,8H2,(H2,15,17,18). The van der Waals surface area contributed by atoms with Gasteiger partial charge in [0.1, 0.15) is 11.6 Å². The molecule has 106 valence electrons. The first-order chi connectivity index (χ1) is 8.88. The van der Waals surface area contributed by atoms with Crippen molar-refractivity contribution in [3.05, 3.63) is 35.4 Å². The topological polar surface area (TPSA) is 63.4 Å². The first kappa shape index (κ1) is 14.4.